The standard InChI is InChI=1S/C17H23ClN2O4S/c1-13-2-3-15(12-16(13)18)25(22,23)20-6-4-14(5-7-20)17(21)19-8-10-24-11-9-19/h2-3,12,14H,4-11H2,1H3. The van der Waals surface area contributed by atoms with Crippen molar-refractivity contribution in [1.82, 2.24) is 9.21 Å². The molecule has 0 N–H and O–H groups in total. The molecule has 2 fully saturated rings. The van der Waals surface area contributed by atoms with Gasteiger partial charge in [-0.1, -0.05) is 17.7 Å². The van der Waals surface area contributed by atoms with Gasteiger partial charge in [-0.25, -0.2) is 8.42 Å². The summed E-state index contributed by atoms with van der Waals surface area (Å²) in [6.45, 7) is 4.95. The first-order valence-corrected chi connectivity index (χ1v) is 10.3. The van der Waals surface area contributed by atoms with Crippen molar-refractivity contribution in [3.8, 4) is 0 Å². The fraction of sp³-hybridized carbons (Fsp3) is 0.588. The van der Waals surface area contributed by atoms with E-state index in [-0.39, 0.29) is 16.7 Å². The van der Waals surface area contributed by atoms with Gasteiger partial charge in [-0.05, 0) is 37.5 Å². The number of carbonyl (C=O) groups is 1. The van der Waals surface area contributed by atoms with Gasteiger partial charge >= 0.3 is 0 Å². The molecule has 2 aliphatic rings. The summed E-state index contributed by atoms with van der Waals surface area (Å²) in [6.07, 6.45) is 1.10. The summed E-state index contributed by atoms with van der Waals surface area (Å²) in [6, 6.07) is 4.79. The van der Waals surface area contributed by atoms with Crippen molar-refractivity contribution in [2.45, 2.75) is 24.7 Å². The van der Waals surface area contributed by atoms with Crippen LogP contribution in [0, 0.1) is 12.8 Å². The van der Waals surface area contributed by atoms with Crippen LogP contribution < -0.4 is 0 Å². The first kappa shape index (κ1) is 18.6. The minimum atomic E-state index is -3.57. The van der Waals surface area contributed by atoms with Gasteiger partial charge in [0.2, 0.25) is 15.9 Å². The lowest BCUT2D eigenvalue weighted by Gasteiger charge is -2.35. The number of carbonyl (C=O) groups excluding carboxylic acids is 1. The Morgan fingerprint density at radius 2 is 1.80 bits per heavy atom. The van der Waals surface area contributed by atoms with Crippen molar-refractivity contribution in [2.24, 2.45) is 5.92 Å². The van der Waals surface area contributed by atoms with Crippen LogP contribution in [0.5, 0.6) is 0 Å². The largest absolute Gasteiger partial charge is 0.378 e. The normalized spacial score (nSPS) is 20.6. The van der Waals surface area contributed by atoms with Crippen molar-refractivity contribution >= 4 is 27.5 Å². The Balaban J connectivity index is 1.64. The molecule has 0 atom stereocenters. The number of aryl methyl sites for hydroxylation is 1. The monoisotopic (exact) mass is 386 g/mol. The van der Waals surface area contributed by atoms with E-state index >= 15 is 0 Å². The minimum Gasteiger partial charge on any atom is -0.378 e. The smallest absolute Gasteiger partial charge is 0.243 e. The van der Waals surface area contributed by atoms with Gasteiger partial charge < -0.3 is 9.64 Å². The van der Waals surface area contributed by atoms with E-state index in [1.807, 2.05) is 11.8 Å². The molecule has 0 saturated carbocycles. The summed E-state index contributed by atoms with van der Waals surface area (Å²) in [5.41, 5.74) is 0.843. The second-order valence-corrected chi connectivity index (χ2v) is 8.87. The quantitative estimate of drug-likeness (QED) is 0.795. The lowest BCUT2D eigenvalue weighted by molar-refractivity contribution is -0.140. The fourth-order valence-corrected chi connectivity index (χ4v) is 5.01. The summed E-state index contributed by atoms with van der Waals surface area (Å²) in [5.74, 6) is 0.0184. The molecule has 0 bridgehead atoms. The molecule has 1 aromatic rings. The molecule has 0 aromatic heterocycles. The van der Waals surface area contributed by atoms with Crippen LogP contribution in [0.2, 0.25) is 5.02 Å². The number of piperidine rings is 1. The molecular weight excluding hydrogens is 364 g/mol. The van der Waals surface area contributed by atoms with Gasteiger partial charge in [-0.2, -0.15) is 4.31 Å². The minimum absolute atomic E-state index is 0.105. The molecule has 6 nitrogen and oxygen atoms in total. The molecule has 8 heteroatoms. The van der Waals surface area contributed by atoms with Crippen LogP contribution in [-0.2, 0) is 19.6 Å². The zero-order chi connectivity index (χ0) is 18.0. The second kappa shape index (κ2) is 7.61. The fourth-order valence-electron chi connectivity index (χ4n) is 3.27. The summed E-state index contributed by atoms with van der Waals surface area (Å²) < 4.78 is 32.3. The summed E-state index contributed by atoms with van der Waals surface area (Å²) in [4.78, 5) is 14.6. The van der Waals surface area contributed by atoms with Gasteiger partial charge in [0.05, 0.1) is 18.1 Å². The predicted molar refractivity (Wildman–Crippen MR) is 95.1 cm³/mol. The van der Waals surface area contributed by atoms with Gasteiger partial charge in [-0.3, -0.25) is 4.79 Å². The maximum atomic E-state index is 12.8. The van der Waals surface area contributed by atoms with Crippen LogP contribution in [0.3, 0.4) is 0 Å². The highest BCUT2D eigenvalue weighted by atomic mass is 35.5. The number of rotatable bonds is 3. The number of ether oxygens (including phenoxy) is 1. The molecule has 25 heavy (non-hydrogen) atoms. The molecule has 138 valence electrons. The Bertz CT molecular complexity index is 739. The first-order chi connectivity index (χ1) is 11.9. The Morgan fingerprint density at radius 1 is 1.16 bits per heavy atom. The molecule has 1 amide bonds. The molecule has 0 aliphatic carbocycles. The number of benzene rings is 1. The van der Waals surface area contributed by atoms with Gasteiger partial charge in [0.25, 0.3) is 0 Å². The Kier molecular flexibility index (Phi) is 5.68. The topological polar surface area (TPSA) is 66.9 Å². The van der Waals surface area contributed by atoms with Gasteiger partial charge in [0.1, 0.15) is 0 Å². The molecular formula is C17H23ClN2O4S. The van der Waals surface area contributed by atoms with Crippen LogP contribution in [0.4, 0.5) is 0 Å². The van der Waals surface area contributed by atoms with E-state index in [9.17, 15) is 13.2 Å². The summed E-state index contributed by atoms with van der Waals surface area (Å²) in [7, 11) is -3.57. The highest BCUT2D eigenvalue weighted by molar-refractivity contribution is 7.89. The third-order valence-electron chi connectivity index (χ3n) is 4.91. The number of amides is 1. The summed E-state index contributed by atoms with van der Waals surface area (Å²) in [5, 5.41) is 0.443. The number of hydrogen-bond acceptors (Lipinski definition) is 4. The van der Waals surface area contributed by atoms with E-state index in [0.717, 1.165) is 5.56 Å². The maximum Gasteiger partial charge on any atom is 0.243 e. The van der Waals surface area contributed by atoms with Crippen LogP contribution in [0.15, 0.2) is 23.1 Å². The van der Waals surface area contributed by atoms with Crippen molar-refractivity contribution in [3.63, 3.8) is 0 Å². The van der Waals surface area contributed by atoms with Gasteiger partial charge in [0, 0.05) is 37.1 Å². The molecule has 2 saturated heterocycles. The van der Waals surface area contributed by atoms with Gasteiger partial charge in [0.15, 0.2) is 0 Å². The first-order valence-electron chi connectivity index (χ1n) is 8.52. The maximum absolute atomic E-state index is 12.8. The molecule has 0 unspecified atom stereocenters. The van der Waals surface area contributed by atoms with E-state index in [0.29, 0.717) is 57.3 Å². The van der Waals surface area contributed by atoms with E-state index in [4.69, 9.17) is 16.3 Å². The lowest BCUT2D eigenvalue weighted by Crippen LogP contribution is -2.47. The third kappa shape index (κ3) is 4.00. The predicted octanol–water partition coefficient (Wildman–Crippen LogP) is 1.91. The van der Waals surface area contributed by atoms with Crippen molar-refractivity contribution in [2.75, 3.05) is 39.4 Å². The van der Waals surface area contributed by atoms with Crippen LogP contribution in [-0.4, -0.2) is 62.9 Å². The number of halogens is 1. The Hall–Kier alpha value is -1.15. The van der Waals surface area contributed by atoms with Crippen molar-refractivity contribution in [3.05, 3.63) is 28.8 Å². The SMILES string of the molecule is Cc1ccc(S(=O)(=O)N2CCC(C(=O)N3CCOCC3)CC2)cc1Cl. The second-order valence-electron chi connectivity index (χ2n) is 6.53. The molecule has 2 aliphatic heterocycles. The average molecular weight is 387 g/mol. The zero-order valence-electron chi connectivity index (χ0n) is 14.3. The molecule has 0 radical (unpaired) electrons. The van der Waals surface area contributed by atoms with Crippen molar-refractivity contribution < 1.29 is 17.9 Å². The van der Waals surface area contributed by atoms with Crippen LogP contribution >= 0.6 is 11.6 Å². The third-order valence-corrected chi connectivity index (χ3v) is 7.21. The average Bonchev–Trinajstić information content (AvgIpc) is 2.64. The highest BCUT2D eigenvalue weighted by Crippen LogP contribution is 2.27. The molecule has 0 spiro atoms. The molecule has 1 aromatic carbocycles. The number of nitrogens with zero attached hydrogens (tertiary/aromatic N) is 2. The van der Waals surface area contributed by atoms with E-state index < -0.39 is 10.0 Å². The van der Waals surface area contributed by atoms with Crippen LogP contribution in [0.25, 0.3) is 0 Å². The lowest BCUT2D eigenvalue weighted by atomic mass is 9.96. The van der Waals surface area contributed by atoms with Crippen LogP contribution in [0.1, 0.15) is 18.4 Å². The van der Waals surface area contributed by atoms with E-state index in [1.54, 1.807) is 12.1 Å². The summed E-state index contributed by atoms with van der Waals surface area (Å²) >= 11 is 6.07. The molecule has 3 rings (SSSR count). The van der Waals surface area contributed by atoms with Gasteiger partial charge in [-0.15, -0.1) is 0 Å². The Morgan fingerprint density at radius 3 is 2.40 bits per heavy atom. The number of morpholine rings is 1. The number of hydrogen-bond donors (Lipinski definition) is 0. The highest BCUT2D eigenvalue weighted by Gasteiger charge is 2.34. The van der Waals surface area contributed by atoms with Crippen molar-refractivity contribution in [1.29, 1.82) is 0 Å². The molecule has 2 heterocycles. The number of sulfonamides is 1. The zero-order valence-corrected chi connectivity index (χ0v) is 15.9. The van der Waals surface area contributed by atoms with E-state index in [1.165, 1.54) is 10.4 Å². The van der Waals surface area contributed by atoms with E-state index in [2.05, 4.69) is 0 Å². The Labute approximate surface area is 153 Å².